The van der Waals surface area contributed by atoms with Crippen LogP contribution in [0.2, 0.25) is 0 Å². The Labute approximate surface area is 159 Å². The van der Waals surface area contributed by atoms with E-state index in [0.29, 0.717) is 32.7 Å². The van der Waals surface area contributed by atoms with Gasteiger partial charge >= 0.3 is 5.97 Å². The van der Waals surface area contributed by atoms with Crippen LogP contribution in [0.5, 0.6) is 11.5 Å². The molecule has 0 bridgehead atoms. The molecule has 6 heteroatoms. The monoisotopic (exact) mass is 416 g/mol. The Kier molecular flexibility index (Phi) is 5.32. The Balaban J connectivity index is 2.05. The SMILES string of the molecule is COc1ccc(Br)c(-c2c(C)cccc2C(=O)OCc2ccco2)c1O. The zero-order valence-corrected chi connectivity index (χ0v) is 15.9. The van der Waals surface area contributed by atoms with E-state index in [2.05, 4.69) is 15.9 Å². The van der Waals surface area contributed by atoms with Gasteiger partial charge in [0.1, 0.15) is 12.4 Å². The molecule has 0 spiro atoms. The molecule has 0 radical (unpaired) electrons. The average molecular weight is 417 g/mol. The summed E-state index contributed by atoms with van der Waals surface area (Å²) in [6.07, 6.45) is 1.52. The summed E-state index contributed by atoms with van der Waals surface area (Å²) in [4.78, 5) is 12.7. The van der Waals surface area contributed by atoms with Crippen LogP contribution in [0.4, 0.5) is 0 Å². The van der Waals surface area contributed by atoms with E-state index in [1.54, 1.807) is 36.4 Å². The second-order valence-corrected chi connectivity index (χ2v) is 6.48. The number of rotatable bonds is 5. The number of carbonyl (C=O) groups is 1. The van der Waals surface area contributed by atoms with Crippen molar-refractivity contribution in [1.29, 1.82) is 0 Å². The Morgan fingerprint density at radius 3 is 2.65 bits per heavy atom. The van der Waals surface area contributed by atoms with Gasteiger partial charge in [0.25, 0.3) is 0 Å². The number of hydrogen-bond donors (Lipinski definition) is 1. The van der Waals surface area contributed by atoms with Gasteiger partial charge in [0.05, 0.1) is 18.9 Å². The predicted molar refractivity (Wildman–Crippen MR) is 100 cm³/mol. The first-order chi connectivity index (χ1) is 12.5. The zero-order chi connectivity index (χ0) is 18.7. The van der Waals surface area contributed by atoms with E-state index in [1.165, 1.54) is 13.4 Å². The topological polar surface area (TPSA) is 68.9 Å². The molecule has 26 heavy (non-hydrogen) atoms. The second-order valence-electron chi connectivity index (χ2n) is 5.63. The summed E-state index contributed by atoms with van der Waals surface area (Å²) in [6, 6.07) is 12.2. The Hall–Kier alpha value is -2.73. The summed E-state index contributed by atoms with van der Waals surface area (Å²) in [5.74, 6) is 0.324. The van der Waals surface area contributed by atoms with Crippen LogP contribution in [0, 0.1) is 6.92 Å². The summed E-state index contributed by atoms with van der Waals surface area (Å²) in [6.45, 7) is 1.90. The number of esters is 1. The van der Waals surface area contributed by atoms with Crippen LogP contribution in [0.15, 0.2) is 57.6 Å². The normalized spacial score (nSPS) is 10.6. The summed E-state index contributed by atoms with van der Waals surface area (Å²) < 4.78 is 16.4. The standard InChI is InChI=1S/C20H17BrO5/c1-12-5-3-7-14(20(23)26-11-13-6-4-10-25-13)17(12)18-15(21)8-9-16(24-2)19(18)22/h3-10,22H,11H2,1-2H3. The molecule has 0 unspecified atom stereocenters. The lowest BCUT2D eigenvalue weighted by molar-refractivity contribution is 0.0446. The second kappa shape index (κ2) is 7.66. The third-order valence-corrected chi connectivity index (χ3v) is 4.64. The van der Waals surface area contributed by atoms with E-state index >= 15 is 0 Å². The molecule has 0 aliphatic rings. The highest BCUT2D eigenvalue weighted by atomic mass is 79.9. The van der Waals surface area contributed by atoms with Crippen molar-refractivity contribution in [3.05, 3.63) is 70.1 Å². The van der Waals surface area contributed by atoms with Crippen LogP contribution >= 0.6 is 15.9 Å². The van der Waals surface area contributed by atoms with Gasteiger partial charge in [-0.15, -0.1) is 0 Å². The molecule has 0 aliphatic heterocycles. The molecule has 1 aromatic heterocycles. The van der Waals surface area contributed by atoms with Crippen molar-refractivity contribution >= 4 is 21.9 Å². The quantitative estimate of drug-likeness (QED) is 0.586. The first-order valence-corrected chi connectivity index (χ1v) is 8.67. The predicted octanol–water partition coefficient (Wildman–Crippen LogP) is 5.09. The summed E-state index contributed by atoms with van der Waals surface area (Å²) in [5.41, 5.74) is 2.23. The number of methoxy groups -OCH3 is 1. The van der Waals surface area contributed by atoms with Gasteiger partial charge in [-0.2, -0.15) is 0 Å². The maximum absolute atomic E-state index is 12.7. The van der Waals surface area contributed by atoms with Crippen LogP contribution in [-0.2, 0) is 11.3 Å². The highest BCUT2D eigenvalue weighted by Gasteiger charge is 2.22. The Morgan fingerprint density at radius 1 is 1.15 bits per heavy atom. The largest absolute Gasteiger partial charge is 0.504 e. The minimum Gasteiger partial charge on any atom is -0.504 e. The molecule has 3 rings (SSSR count). The number of benzene rings is 2. The zero-order valence-electron chi connectivity index (χ0n) is 14.3. The van der Waals surface area contributed by atoms with Crippen molar-refractivity contribution < 1.29 is 23.8 Å². The molecular weight excluding hydrogens is 400 g/mol. The van der Waals surface area contributed by atoms with E-state index in [9.17, 15) is 9.90 Å². The third-order valence-electron chi connectivity index (χ3n) is 3.98. The first-order valence-electron chi connectivity index (χ1n) is 7.88. The summed E-state index contributed by atoms with van der Waals surface area (Å²) in [5, 5.41) is 10.6. The van der Waals surface area contributed by atoms with Gasteiger partial charge in [-0.05, 0) is 42.8 Å². The molecule has 5 nitrogen and oxygen atoms in total. The van der Waals surface area contributed by atoms with E-state index in [1.807, 2.05) is 13.0 Å². The number of aryl methyl sites for hydroxylation is 1. The lowest BCUT2D eigenvalue weighted by Gasteiger charge is -2.16. The van der Waals surface area contributed by atoms with Gasteiger partial charge < -0.3 is 19.0 Å². The lowest BCUT2D eigenvalue weighted by Crippen LogP contribution is -2.08. The number of aromatic hydroxyl groups is 1. The number of phenolic OH excluding ortho intramolecular Hbond substituents is 1. The molecule has 0 saturated carbocycles. The van der Waals surface area contributed by atoms with Crippen LogP contribution in [0.3, 0.4) is 0 Å². The first kappa shape index (κ1) is 18.1. The van der Waals surface area contributed by atoms with Crippen molar-refractivity contribution in [3.8, 4) is 22.6 Å². The highest BCUT2D eigenvalue weighted by molar-refractivity contribution is 9.10. The van der Waals surface area contributed by atoms with Crippen molar-refractivity contribution in [2.75, 3.05) is 7.11 Å². The van der Waals surface area contributed by atoms with E-state index in [0.717, 1.165) is 5.56 Å². The van der Waals surface area contributed by atoms with Crippen LogP contribution < -0.4 is 4.74 Å². The van der Waals surface area contributed by atoms with E-state index in [-0.39, 0.29) is 12.4 Å². The number of ether oxygens (including phenoxy) is 2. The molecule has 0 aliphatic carbocycles. The molecule has 134 valence electrons. The van der Waals surface area contributed by atoms with E-state index in [4.69, 9.17) is 13.9 Å². The number of phenols is 1. The molecule has 3 aromatic rings. The van der Waals surface area contributed by atoms with Crippen molar-refractivity contribution in [1.82, 2.24) is 0 Å². The van der Waals surface area contributed by atoms with Crippen LogP contribution in [0.25, 0.3) is 11.1 Å². The van der Waals surface area contributed by atoms with Gasteiger partial charge in [-0.3, -0.25) is 0 Å². The number of furan rings is 1. The Bertz CT molecular complexity index is 932. The third kappa shape index (κ3) is 3.46. The maximum atomic E-state index is 12.7. The molecule has 0 saturated heterocycles. The van der Waals surface area contributed by atoms with Gasteiger partial charge in [-0.1, -0.05) is 28.1 Å². The molecule has 0 amide bonds. The number of hydrogen-bond acceptors (Lipinski definition) is 5. The molecule has 0 atom stereocenters. The fraction of sp³-hybridized carbons (Fsp3) is 0.150. The minimum atomic E-state index is -0.505. The van der Waals surface area contributed by atoms with Crippen molar-refractivity contribution in [3.63, 3.8) is 0 Å². The highest BCUT2D eigenvalue weighted by Crippen LogP contribution is 2.44. The molecule has 1 heterocycles. The van der Waals surface area contributed by atoms with Crippen molar-refractivity contribution in [2.45, 2.75) is 13.5 Å². The molecular formula is C20H17BrO5. The average Bonchev–Trinajstić information content (AvgIpc) is 3.14. The van der Waals surface area contributed by atoms with Gasteiger partial charge in [-0.25, -0.2) is 4.79 Å². The molecule has 2 aromatic carbocycles. The van der Waals surface area contributed by atoms with Gasteiger partial charge in [0.15, 0.2) is 11.5 Å². The van der Waals surface area contributed by atoms with Crippen molar-refractivity contribution in [2.24, 2.45) is 0 Å². The summed E-state index contributed by atoms with van der Waals surface area (Å²) in [7, 11) is 1.48. The lowest BCUT2D eigenvalue weighted by atomic mass is 9.94. The van der Waals surface area contributed by atoms with Crippen LogP contribution in [0.1, 0.15) is 21.7 Å². The van der Waals surface area contributed by atoms with E-state index < -0.39 is 5.97 Å². The fourth-order valence-corrected chi connectivity index (χ4v) is 3.25. The maximum Gasteiger partial charge on any atom is 0.339 e. The molecule has 1 N–H and O–H groups in total. The van der Waals surface area contributed by atoms with Gasteiger partial charge in [0, 0.05) is 15.6 Å². The minimum absolute atomic E-state index is 0.0322. The Morgan fingerprint density at radius 2 is 1.96 bits per heavy atom. The fourth-order valence-electron chi connectivity index (χ4n) is 2.73. The smallest absolute Gasteiger partial charge is 0.339 e. The molecule has 0 fully saturated rings. The summed E-state index contributed by atoms with van der Waals surface area (Å²) >= 11 is 3.45. The number of carbonyl (C=O) groups excluding carboxylic acids is 1. The number of halogens is 1. The van der Waals surface area contributed by atoms with Crippen LogP contribution in [-0.4, -0.2) is 18.2 Å². The van der Waals surface area contributed by atoms with Gasteiger partial charge in [0.2, 0.25) is 0 Å².